The van der Waals surface area contributed by atoms with Crippen molar-refractivity contribution in [3.63, 3.8) is 0 Å². The van der Waals surface area contributed by atoms with Crippen LogP contribution in [0, 0.1) is 6.92 Å². The van der Waals surface area contributed by atoms with Gasteiger partial charge in [0.2, 0.25) is 0 Å². The molecule has 0 aliphatic carbocycles. The first-order chi connectivity index (χ1) is 6.27. The van der Waals surface area contributed by atoms with Gasteiger partial charge in [-0.3, -0.25) is 4.79 Å². The number of aldehydes is 1. The van der Waals surface area contributed by atoms with E-state index in [9.17, 15) is 4.79 Å². The minimum atomic E-state index is 0.826. The van der Waals surface area contributed by atoms with E-state index >= 15 is 0 Å². The number of hydrogen-bond donors (Lipinski definition) is 0. The molecule has 0 fully saturated rings. The van der Waals surface area contributed by atoms with Gasteiger partial charge < -0.3 is 0 Å². The lowest BCUT2D eigenvalue weighted by Gasteiger charge is -2.04. The van der Waals surface area contributed by atoms with Crippen LogP contribution in [0.4, 0.5) is 0 Å². The molecule has 0 saturated heterocycles. The van der Waals surface area contributed by atoms with Gasteiger partial charge in [-0.05, 0) is 25.3 Å². The molecule has 0 amide bonds. The van der Waals surface area contributed by atoms with Crippen molar-refractivity contribution in [1.82, 2.24) is 0 Å². The zero-order valence-corrected chi connectivity index (χ0v) is 9.30. The quantitative estimate of drug-likeness (QED) is 0.584. The van der Waals surface area contributed by atoms with Crippen molar-refractivity contribution in [3.05, 3.63) is 34.9 Å². The van der Waals surface area contributed by atoms with Crippen LogP contribution in [0.5, 0.6) is 0 Å². The Morgan fingerprint density at radius 2 is 2.23 bits per heavy atom. The van der Waals surface area contributed by atoms with E-state index in [0.29, 0.717) is 0 Å². The highest BCUT2D eigenvalue weighted by atomic mass is 79.9. The second-order valence-corrected chi connectivity index (χ2v) is 3.91. The lowest BCUT2D eigenvalue weighted by Crippen LogP contribution is -1.94. The predicted molar refractivity (Wildman–Crippen MR) is 58.7 cm³/mol. The van der Waals surface area contributed by atoms with Crippen LogP contribution in [-0.2, 0) is 6.42 Å². The largest absolute Gasteiger partial charge is 0.298 e. The van der Waals surface area contributed by atoms with E-state index in [1.165, 1.54) is 5.56 Å². The molecule has 0 unspecified atom stereocenters. The molecule has 0 atom stereocenters. The lowest BCUT2D eigenvalue weighted by molar-refractivity contribution is 0.112. The maximum Gasteiger partial charge on any atom is 0.150 e. The summed E-state index contributed by atoms with van der Waals surface area (Å²) in [5.74, 6) is 0. The average Bonchev–Trinajstić information content (AvgIpc) is 2.15. The molecule has 0 spiro atoms. The normalized spacial score (nSPS) is 10.0. The van der Waals surface area contributed by atoms with E-state index in [1.54, 1.807) is 0 Å². The molecule has 1 nitrogen and oxygen atoms in total. The minimum Gasteiger partial charge on any atom is -0.298 e. The average molecular weight is 241 g/mol. The van der Waals surface area contributed by atoms with Gasteiger partial charge in [-0.15, -0.1) is 0 Å². The van der Waals surface area contributed by atoms with Crippen LogP contribution in [0.15, 0.2) is 18.2 Å². The summed E-state index contributed by atoms with van der Waals surface area (Å²) in [7, 11) is 0. The van der Waals surface area contributed by atoms with Crippen molar-refractivity contribution in [2.75, 3.05) is 5.33 Å². The second-order valence-electron chi connectivity index (χ2n) is 3.11. The Hall–Kier alpha value is -0.630. The number of alkyl halides is 1. The van der Waals surface area contributed by atoms with Gasteiger partial charge >= 0.3 is 0 Å². The standard InChI is InChI=1S/C11H13BrO/c1-9-4-5-11(8-13)10(7-9)3-2-6-12/h4-5,7-8H,2-3,6H2,1H3. The fourth-order valence-electron chi connectivity index (χ4n) is 1.32. The Labute approximate surface area is 87.3 Å². The van der Waals surface area contributed by atoms with Crippen molar-refractivity contribution in [2.24, 2.45) is 0 Å². The summed E-state index contributed by atoms with van der Waals surface area (Å²) >= 11 is 3.38. The van der Waals surface area contributed by atoms with Crippen molar-refractivity contribution >= 4 is 22.2 Å². The second kappa shape index (κ2) is 5.18. The van der Waals surface area contributed by atoms with Crippen LogP contribution < -0.4 is 0 Å². The van der Waals surface area contributed by atoms with Crippen molar-refractivity contribution < 1.29 is 4.79 Å². The number of carbonyl (C=O) groups is 1. The Morgan fingerprint density at radius 1 is 1.46 bits per heavy atom. The molecule has 13 heavy (non-hydrogen) atoms. The number of halogens is 1. The van der Waals surface area contributed by atoms with E-state index in [1.807, 2.05) is 19.1 Å². The molecule has 1 rings (SSSR count). The molecule has 0 aliphatic rings. The zero-order valence-electron chi connectivity index (χ0n) is 7.72. The number of rotatable bonds is 4. The van der Waals surface area contributed by atoms with Crippen LogP contribution in [0.25, 0.3) is 0 Å². The molecule has 0 N–H and O–H groups in total. The van der Waals surface area contributed by atoms with Crippen LogP contribution in [0.1, 0.15) is 27.9 Å². The van der Waals surface area contributed by atoms with E-state index < -0.39 is 0 Å². The van der Waals surface area contributed by atoms with E-state index in [4.69, 9.17) is 0 Å². The lowest BCUT2D eigenvalue weighted by atomic mass is 10.0. The van der Waals surface area contributed by atoms with Crippen molar-refractivity contribution in [2.45, 2.75) is 19.8 Å². The fraction of sp³-hybridized carbons (Fsp3) is 0.364. The van der Waals surface area contributed by atoms with E-state index in [0.717, 1.165) is 35.6 Å². The van der Waals surface area contributed by atoms with Gasteiger partial charge in [-0.1, -0.05) is 39.7 Å². The third-order valence-corrected chi connectivity index (χ3v) is 2.57. The summed E-state index contributed by atoms with van der Waals surface area (Å²) in [5.41, 5.74) is 3.20. The summed E-state index contributed by atoms with van der Waals surface area (Å²) in [6, 6.07) is 5.96. The molecule has 0 saturated carbocycles. The Bertz CT molecular complexity index is 294. The molecule has 1 aromatic carbocycles. The first-order valence-corrected chi connectivity index (χ1v) is 5.50. The van der Waals surface area contributed by atoms with Crippen LogP contribution >= 0.6 is 15.9 Å². The molecule has 0 radical (unpaired) electrons. The van der Waals surface area contributed by atoms with E-state index in [-0.39, 0.29) is 0 Å². The molecule has 1 aromatic rings. The fourth-order valence-corrected chi connectivity index (χ4v) is 1.60. The van der Waals surface area contributed by atoms with Gasteiger partial charge in [-0.25, -0.2) is 0 Å². The molecular weight excluding hydrogens is 228 g/mol. The summed E-state index contributed by atoms with van der Waals surface area (Å²) < 4.78 is 0. The number of hydrogen-bond acceptors (Lipinski definition) is 1. The highest BCUT2D eigenvalue weighted by molar-refractivity contribution is 9.09. The monoisotopic (exact) mass is 240 g/mol. The minimum absolute atomic E-state index is 0.826. The van der Waals surface area contributed by atoms with Gasteiger partial charge in [0, 0.05) is 10.9 Å². The first-order valence-electron chi connectivity index (χ1n) is 4.38. The number of carbonyl (C=O) groups excluding carboxylic acids is 1. The molecule has 0 aliphatic heterocycles. The van der Waals surface area contributed by atoms with Gasteiger partial charge in [-0.2, -0.15) is 0 Å². The third-order valence-electron chi connectivity index (χ3n) is 2.01. The third kappa shape index (κ3) is 2.96. The molecule has 2 heteroatoms. The van der Waals surface area contributed by atoms with Crippen LogP contribution in [-0.4, -0.2) is 11.6 Å². The Balaban J connectivity index is 2.87. The summed E-state index contributed by atoms with van der Waals surface area (Å²) in [5, 5.41) is 0.985. The zero-order chi connectivity index (χ0) is 9.68. The van der Waals surface area contributed by atoms with E-state index in [2.05, 4.69) is 22.0 Å². The highest BCUT2D eigenvalue weighted by Crippen LogP contribution is 2.12. The molecule has 0 heterocycles. The predicted octanol–water partition coefficient (Wildman–Crippen LogP) is 3.14. The topological polar surface area (TPSA) is 17.1 Å². The molecule has 70 valence electrons. The molecular formula is C11H13BrO. The Kier molecular flexibility index (Phi) is 4.16. The Morgan fingerprint density at radius 3 is 2.85 bits per heavy atom. The van der Waals surface area contributed by atoms with Crippen LogP contribution in [0.3, 0.4) is 0 Å². The SMILES string of the molecule is Cc1ccc(C=O)c(CCCBr)c1. The van der Waals surface area contributed by atoms with Gasteiger partial charge in [0.25, 0.3) is 0 Å². The maximum atomic E-state index is 10.7. The summed E-state index contributed by atoms with van der Waals surface area (Å²) in [6.07, 6.45) is 2.98. The van der Waals surface area contributed by atoms with Gasteiger partial charge in [0.05, 0.1) is 0 Å². The number of aryl methyl sites for hydroxylation is 2. The van der Waals surface area contributed by atoms with Crippen molar-refractivity contribution in [3.8, 4) is 0 Å². The van der Waals surface area contributed by atoms with Crippen molar-refractivity contribution in [1.29, 1.82) is 0 Å². The van der Waals surface area contributed by atoms with Gasteiger partial charge in [0.15, 0.2) is 0 Å². The highest BCUT2D eigenvalue weighted by Gasteiger charge is 2.00. The smallest absolute Gasteiger partial charge is 0.150 e. The first kappa shape index (κ1) is 10.5. The molecule has 0 aromatic heterocycles. The van der Waals surface area contributed by atoms with Gasteiger partial charge in [0.1, 0.15) is 6.29 Å². The van der Waals surface area contributed by atoms with Crippen LogP contribution in [0.2, 0.25) is 0 Å². The molecule has 0 bridgehead atoms. The number of benzene rings is 1. The maximum absolute atomic E-state index is 10.7. The summed E-state index contributed by atoms with van der Waals surface area (Å²) in [6.45, 7) is 2.05. The summed E-state index contributed by atoms with van der Waals surface area (Å²) in [4.78, 5) is 10.7.